The van der Waals surface area contributed by atoms with Gasteiger partial charge in [0.05, 0.1) is 18.3 Å². The van der Waals surface area contributed by atoms with Crippen molar-refractivity contribution in [3.63, 3.8) is 0 Å². The predicted molar refractivity (Wildman–Crippen MR) is 62.6 cm³/mol. The maximum absolute atomic E-state index is 13.6. The highest BCUT2D eigenvalue weighted by molar-refractivity contribution is 5.68. The first-order chi connectivity index (χ1) is 8.66. The molecule has 0 saturated carbocycles. The minimum Gasteiger partial charge on any atom is -0.486 e. The molecular weight excluding hydrogens is 239 g/mol. The summed E-state index contributed by atoms with van der Waals surface area (Å²) in [6, 6.07) is 4.93. The molecular formula is C12H13FN2O3. The van der Waals surface area contributed by atoms with Crippen LogP contribution in [0.3, 0.4) is 0 Å². The van der Waals surface area contributed by atoms with E-state index in [4.69, 9.17) is 9.84 Å². The van der Waals surface area contributed by atoms with E-state index in [2.05, 4.69) is 0 Å². The molecule has 6 heteroatoms. The summed E-state index contributed by atoms with van der Waals surface area (Å²) in [5.74, 6) is -0.0934. The smallest absolute Gasteiger partial charge is 0.407 e. The zero-order valence-corrected chi connectivity index (χ0v) is 9.67. The summed E-state index contributed by atoms with van der Waals surface area (Å²) in [5.41, 5.74) is 0.719. The number of anilines is 1. The molecule has 0 radical (unpaired) electrons. The highest BCUT2D eigenvalue weighted by Crippen LogP contribution is 2.36. The van der Waals surface area contributed by atoms with E-state index >= 15 is 0 Å². The number of benzene rings is 1. The molecule has 1 N–H and O–H groups in total. The van der Waals surface area contributed by atoms with Crippen molar-refractivity contribution in [2.75, 3.05) is 31.1 Å². The third-order valence-electron chi connectivity index (χ3n) is 3.41. The molecule has 0 spiro atoms. The molecule has 5 nitrogen and oxygen atoms in total. The van der Waals surface area contributed by atoms with Crippen LogP contribution in [0.1, 0.15) is 0 Å². The van der Waals surface area contributed by atoms with Crippen LogP contribution >= 0.6 is 0 Å². The lowest BCUT2D eigenvalue weighted by Crippen LogP contribution is -2.62. The van der Waals surface area contributed by atoms with Gasteiger partial charge in [0, 0.05) is 13.1 Å². The fourth-order valence-electron chi connectivity index (χ4n) is 2.42. The SMILES string of the molecule is O=C(O)N1CC(N2CCOc3c(F)cccc32)C1. The van der Waals surface area contributed by atoms with E-state index in [0.29, 0.717) is 26.2 Å². The molecule has 1 saturated heterocycles. The predicted octanol–water partition coefficient (Wildman–Crippen LogP) is 1.39. The summed E-state index contributed by atoms with van der Waals surface area (Å²) in [4.78, 5) is 14.1. The Bertz CT molecular complexity index is 488. The fraction of sp³-hybridized carbons (Fsp3) is 0.417. The van der Waals surface area contributed by atoms with Crippen LogP contribution in [0, 0.1) is 5.82 Å². The van der Waals surface area contributed by atoms with E-state index in [1.807, 2.05) is 4.90 Å². The first-order valence-corrected chi connectivity index (χ1v) is 5.82. The van der Waals surface area contributed by atoms with Crippen LogP contribution in [0.25, 0.3) is 0 Å². The number of rotatable bonds is 1. The minimum absolute atomic E-state index is 0.116. The first kappa shape index (κ1) is 11.1. The normalized spacial score (nSPS) is 18.9. The Kier molecular flexibility index (Phi) is 2.50. The number of halogens is 1. The van der Waals surface area contributed by atoms with Gasteiger partial charge in [0.1, 0.15) is 6.61 Å². The van der Waals surface area contributed by atoms with Crippen LogP contribution in [0.5, 0.6) is 5.75 Å². The summed E-state index contributed by atoms with van der Waals surface area (Å²) < 4.78 is 18.9. The van der Waals surface area contributed by atoms with Crippen LogP contribution in [-0.4, -0.2) is 48.4 Å². The Balaban J connectivity index is 1.81. The summed E-state index contributed by atoms with van der Waals surface area (Å²) in [6.07, 6.45) is -0.904. The summed E-state index contributed by atoms with van der Waals surface area (Å²) >= 11 is 0. The average Bonchev–Trinajstić information content (AvgIpc) is 2.28. The van der Waals surface area contributed by atoms with Crippen LogP contribution in [-0.2, 0) is 0 Å². The highest BCUT2D eigenvalue weighted by atomic mass is 19.1. The van der Waals surface area contributed by atoms with Gasteiger partial charge < -0.3 is 19.6 Å². The van der Waals surface area contributed by atoms with Gasteiger partial charge in [-0.15, -0.1) is 0 Å². The second kappa shape index (κ2) is 4.04. The monoisotopic (exact) mass is 252 g/mol. The second-order valence-electron chi connectivity index (χ2n) is 4.47. The number of fused-ring (bicyclic) bond motifs is 1. The van der Waals surface area contributed by atoms with Crippen molar-refractivity contribution in [1.29, 1.82) is 0 Å². The third-order valence-corrected chi connectivity index (χ3v) is 3.41. The molecule has 0 aliphatic carbocycles. The summed E-state index contributed by atoms with van der Waals surface area (Å²) in [7, 11) is 0. The minimum atomic E-state index is -0.904. The number of para-hydroxylation sites is 1. The van der Waals surface area contributed by atoms with Crippen molar-refractivity contribution < 1.29 is 19.0 Å². The standard InChI is InChI=1S/C12H13FN2O3/c13-9-2-1-3-10-11(9)18-5-4-15(10)8-6-14(7-8)12(16)17/h1-3,8H,4-7H2,(H,16,17). The zero-order chi connectivity index (χ0) is 12.7. The topological polar surface area (TPSA) is 53.0 Å². The van der Waals surface area contributed by atoms with Gasteiger partial charge in [-0.1, -0.05) is 6.07 Å². The maximum atomic E-state index is 13.6. The Morgan fingerprint density at radius 3 is 2.94 bits per heavy atom. The number of carboxylic acid groups (broad SMARTS) is 1. The number of carbonyl (C=O) groups is 1. The molecule has 2 heterocycles. The molecule has 96 valence electrons. The molecule has 0 unspecified atom stereocenters. The lowest BCUT2D eigenvalue weighted by molar-refractivity contribution is 0.102. The van der Waals surface area contributed by atoms with Gasteiger partial charge in [-0.3, -0.25) is 0 Å². The first-order valence-electron chi connectivity index (χ1n) is 5.82. The van der Waals surface area contributed by atoms with Gasteiger partial charge in [-0.2, -0.15) is 0 Å². The van der Waals surface area contributed by atoms with Gasteiger partial charge in [0.15, 0.2) is 11.6 Å². The van der Waals surface area contributed by atoms with Crippen molar-refractivity contribution in [2.24, 2.45) is 0 Å². The van der Waals surface area contributed by atoms with Gasteiger partial charge in [0.25, 0.3) is 0 Å². The number of amides is 1. The van der Waals surface area contributed by atoms with E-state index in [1.54, 1.807) is 12.1 Å². The Labute approximate surface area is 103 Å². The average molecular weight is 252 g/mol. The van der Waals surface area contributed by atoms with E-state index in [9.17, 15) is 9.18 Å². The summed E-state index contributed by atoms with van der Waals surface area (Å²) in [5, 5.41) is 8.81. The Morgan fingerprint density at radius 1 is 1.44 bits per heavy atom. The van der Waals surface area contributed by atoms with Crippen LogP contribution in [0.4, 0.5) is 14.9 Å². The second-order valence-corrected chi connectivity index (χ2v) is 4.47. The zero-order valence-electron chi connectivity index (χ0n) is 9.67. The molecule has 2 aliphatic rings. The van der Waals surface area contributed by atoms with Gasteiger partial charge in [0.2, 0.25) is 0 Å². The molecule has 18 heavy (non-hydrogen) atoms. The number of hydrogen-bond acceptors (Lipinski definition) is 3. The number of ether oxygens (including phenoxy) is 1. The van der Waals surface area contributed by atoms with E-state index in [1.165, 1.54) is 11.0 Å². The molecule has 2 aliphatic heterocycles. The van der Waals surface area contributed by atoms with Crippen molar-refractivity contribution >= 4 is 11.8 Å². The Hall–Kier alpha value is -1.98. The van der Waals surface area contributed by atoms with Crippen molar-refractivity contribution in [2.45, 2.75) is 6.04 Å². The lowest BCUT2D eigenvalue weighted by atomic mass is 10.1. The van der Waals surface area contributed by atoms with Crippen molar-refractivity contribution in [3.05, 3.63) is 24.0 Å². The molecule has 0 aromatic heterocycles. The van der Waals surface area contributed by atoms with Crippen molar-refractivity contribution in [3.8, 4) is 5.75 Å². The van der Waals surface area contributed by atoms with Crippen LogP contribution in [0.15, 0.2) is 18.2 Å². The Morgan fingerprint density at radius 2 is 2.22 bits per heavy atom. The fourth-order valence-corrected chi connectivity index (χ4v) is 2.42. The summed E-state index contributed by atoms with van der Waals surface area (Å²) in [6.45, 7) is 2.02. The molecule has 1 amide bonds. The molecule has 1 fully saturated rings. The van der Waals surface area contributed by atoms with Crippen LogP contribution in [0.2, 0.25) is 0 Å². The van der Waals surface area contributed by atoms with E-state index in [-0.39, 0.29) is 17.6 Å². The maximum Gasteiger partial charge on any atom is 0.407 e. The van der Waals surface area contributed by atoms with Gasteiger partial charge >= 0.3 is 6.09 Å². The molecule has 1 aromatic carbocycles. The van der Waals surface area contributed by atoms with E-state index < -0.39 is 6.09 Å². The quantitative estimate of drug-likeness (QED) is 0.820. The lowest BCUT2D eigenvalue weighted by Gasteiger charge is -2.46. The number of nitrogens with zero attached hydrogens (tertiary/aromatic N) is 2. The molecule has 0 atom stereocenters. The molecule has 0 bridgehead atoms. The molecule has 1 aromatic rings. The van der Waals surface area contributed by atoms with Crippen LogP contribution < -0.4 is 9.64 Å². The number of hydrogen-bond donors (Lipinski definition) is 1. The third kappa shape index (κ3) is 1.64. The highest BCUT2D eigenvalue weighted by Gasteiger charge is 2.37. The molecule has 3 rings (SSSR count). The largest absolute Gasteiger partial charge is 0.486 e. The van der Waals surface area contributed by atoms with E-state index in [0.717, 1.165) is 5.69 Å². The van der Waals surface area contributed by atoms with Gasteiger partial charge in [-0.25, -0.2) is 9.18 Å². The van der Waals surface area contributed by atoms with Crippen molar-refractivity contribution in [1.82, 2.24) is 4.90 Å². The van der Waals surface area contributed by atoms with Gasteiger partial charge in [-0.05, 0) is 12.1 Å². The number of likely N-dealkylation sites (tertiary alicyclic amines) is 1.